The van der Waals surface area contributed by atoms with Crippen LogP contribution in [-0.2, 0) is 5.92 Å². The van der Waals surface area contributed by atoms with Gasteiger partial charge >= 0.3 is 12.0 Å². The van der Waals surface area contributed by atoms with Gasteiger partial charge in [-0.3, -0.25) is 9.80 Å². The first-order valence-electron chi connectivity index (χ1n) is 7.79. The van der Waals surface area contributed by atoms with Crippen molar-refractivity contribution in [3.63, 3.8) is 0 Å². The smallest absolute Gasteiger partial charge is 0.338 e. The summed E-state index contributed by atoms with van der Waals surface area (Å²) in [4.78, 5) is 26.4. The largest absolute Gasteiger partial charge is 0.478 e. The lowest BCUT2D eigenvalue weighted by molar-refractivity contribution is 0.0175. The van der Waals surface area contributed by atoms with Gasteiger partial charge in [-0.15, -0.1) is 0 Å². The zero-order chi connectivity index (χ0) is 19.1. The van der Waals surface area contributed by atoms with Crippen molar-refractivity contribution in [2.24, 2.45) is 0 Å². The van der Waals surface area contributed by atoms with Gasteiger partial charge in [-0.1, -0.05) is 12.1 Å². The number of rotatable bonds is 4. The van der Waals surface area contributed by atoms with Crippen molar-refractivity contribution in [3.05, 3.63) is 59.4 Å². The number of urea groups is 1. The molecule has 8 heteroatoms. The van der Waals surface area contributed by atoms with Gasteiger partial charge in [0.1, 0.15) is 5.82 Å². The van der Waals surface area contributed by atoms with Crippen molar-refractivity contribution < 1.29 is 27.9 Å². The summed E-state index contributed by atoms with van der Waals surface area (Å²) >= 11 is 0. The Morgan fingerprint density at radius 3 is 2.12 bits per heavy atom. The van der Waals surface area contributed by atoms with Crippen molar-refractivity contribution in [2.75, 3.05) is 22.9 Å². The molecule has 136 valence electrons. The van der Waals surface area contributed by atoms with Gasteiger partial charge in [0.25, 0.3) is 5.92 Å². The highest BCUT2D eigenvalue weighted by atomic mass is 19.3. The molecule has 0 unspecified atom stereocenters. The Morgan fingerprint density at radius 1 is 1.04 bits per heavy atom. The number of amides is 2. The number of benzene rings is 2. The number of carbonyl (C=O) groups is 2. The Kier molecular flexibility index (Phi) is 4.35. The summed E-state index contributed by atoms with van der Waals surface area (Å²) in [5.74, 6) is -5.29. The lowest BCUT2D eigenvalue weighted by atomic mass is 10.1. The molecular formula is C18H15F3N2O3. The normalized spacial score (nSPS) is 14.8. The third-order valence-electron chi connectivity index (χ3n) is 4.19. The van der Waals surface area contributed by atoms with Crippen LogP contribution in [0.2, 0.25) is 0 Å². The van der Waals surface area contributed by atoms with Crippen LogP contribution < -0.4 is 9.80 Å². The summed E-state index contributed by atoms with van der Waals surface area (Å²) in [5.41, 5.74) is 0.0248. The number of carbonyl (C=O) groups excluding carboxylic acids is 1. The Labute approximate surface area is 147 Å². The molecule has 0 bridgehead atoms. The van der Waals surface area contributed by atoms with Gasteiger partial charge in [-0.2, -0.15) is 0 Å². The van der Waals surface area contributed by atoms with Crippen molar-refractivity contribution in [3.8, 4) is 0 Å². The molecule has 0 aromatic heterocycles. The second-order valence-electron chi connectivity index (χ2n) is 5.99. The van der Waals surface area contributed by atoms with Crippen LogP contribution in [0.5, 0.6) is 0 Å². The molecule has 1 fully saturated rings. The maximum atomic E-state index is 13.5. The molecular weight excluding hydrogens is 349 g/mol. The van der Waals surface area contributed by atoms with Crippen molar-refractivity contribution in [1.29, 1.82) is 0 Å². The van der Waals surface area contributed by atoms with E-state index in [0.29, 0.717) is 12.2 Å². The Hall–Kier alpha value is -3.03. The van der Waals surface area contributed by atoms with Crippen LogP contribution in [0.1, 0.15) is 22.8 Å². The molecule has 26 heavy (non-hydrogen) atoms. The fourth-order valence-electron chi connectivity index (χ4n) is 2.80. The number of hydrogen-bond acceptors (Lipinski definition) is 2. The number of nitrogens with zero attached hydrogens (tertiary/aromatic N) is 2. The summed E-state index contributed by atoms with van der Waals surface area (Å²) < 4.78 is 40.1. The molecule has 5 nitrogen and oxygen atoms in total. The van der Waals surface area contributed by atoms with E-state index in [4.69, 9.17) is 5.11 Å². The van der Waals surface area contributed by atoms with Crippen LogP contribution in [0.15, 0.2) is 42.5 Å². The van der Waals surface area contributed by atoms with Gasteiger partial charge in [-0.05, 0) is 30.3 Å². The van der Waals surface area contributed by atoms with E-state index in [1.54, 1.807) is 0 Å². The highest BCUT2D eigenvalue weighted by Gasteiger charge is 2.32. The zero-order valence-electron chi connectivity index (χ0n) is 13.7. The molecule has 0 spiro atoms. The third kappa shape index (κ3) is 3.22. The molecule has 1 N–H and O–H groups in total. The lowest BCUT2D eigenvalue weighted by Crippen LogP contribution is -2.31. The first-order chi connectivity index (χ1) is 12.2. The highest BCUT2D eigenvalue weighted by Crippen LogP contribution is 2.31. The Bertz CT molecular complexity index is 863. The summed E-state index contributed by atoms with van der Waals surface area (Å²) in [6.45, 7) is 1.34. The van der Waals surface area contributed by atoms with E-state index in [9.17, 15) is 22.8 Å². The van der Waals surface area contributed by atoms with Crippen molar-refractivity contribution in [2.45, 2.75) is 12.8 Å². The summed E-state index contributed by atoms with van der Waals surface area (Å²) in [5, 5.41) is 9.01. The molecule has 0 aliphatic carbocycles. The van der Waals surface area contributed by atoms with E-state index in [-0.39, 0.29) is 17.8 Å². The zero-order valence-corrected chi connectivity index (χ0v) is 13.7. The first kappa shape index (κ1) is 17.8. The van der Waals surface area contributed by atoms with E-state index in [0.717, 1.165) is 19.1 Å². The first-order valence-corrected chi connectivity index (χ1v) is 7.79. The molecule has 1 aliphatic heterocycles. The third-order valence-corrected chi connectivity index (χ3v) is 4.19. The van der Waals surface area contributed by atoms with Crippen molar-refractivity contribution in [1.82, 2.24) is 0 Å². The summed E-state index contributed by atoms with van der Waals surface area (Å²) in [7, 11) is 0. The minimum absolute atomic E-state index is 0.158. The number of halogens is 3. The minimum Gasteiger partial charge on any atom is -0.478 e. The van der Waals surface area contributed by atoms with Crippen LogP contribution in [0.25, 0.3) is 0 Å². The van der Waals surface area contributed by atoms with E-state index in [1.807, 2.05) is 0 Å². The quantitative estimate of drug-likeness (QED) is 0.889. The minimum atomic E-state index is -2.97. The number of hydrogen-bond donors (Lipinski definition) is 1. The fraction of sp³-hybridized carbons (Fsp3) is 0.222. The Balaban J connectivity index is 1.84. The van der Waals surface area contributed by atoms with Crippen molar-refractivity contribution >= 4 is 23.4 Å². The average Bonchev–Trinajstić information content (AvgIpc) is 2.96. The lowest BCUT2D eigenvalue weighted by Gasteiger charge is -2.20. The number of carboxylic acids is 1. The van der Waals surface area contributed by atoms with Gasteiger partial charge in [0, 0.05) is 37.0 Å². The number of anilines is 2. The van der Waals surface area contributed by atoms with Gasteiger partial charge in [-0.25, -0.2) is 22.8 Å². The molecule has 2 aromatic carbocycles. The Morgan fingerprint density at radius 2 is 1.58 bits per heavy atom. The van der Waals surface area contributed by atoms with Crippen LogP contribution in [0, 0.1) is 5.82 Å². The molecule has 0 saturated carbocycles. The molecule has 3 rings (SSSR count). The van der Waals surface area contributed by atoms with Gasteiger partial charge < -0.3 is 5.11 Å². The summed E-state index contributed by atoms with van der Waals surface area (Å²) in [6, 6.07) is 8.35. The van der Waals surface area contributed by atoms with Gasteiger partial charge in [0.2, 0.25) is 0 Å². The van der Waals surface area contributed by atoms with Crippen LogP contribution >= 0.6 is 0 Å². The predicted octanol–water partition coefficient (Wildman–Crippen LogP) is 4.08. The molecule has 2 amide bonds. The fourth-order valence-corrected chi connectivity index (χ4v) is 2.80. The molecule has 1 heterocycles. The summed E-state index contributed by atoms with van der Waals surface area (Å²) in [6.07, 6.45) is 0. The highest BCUT2D eigenvalue weighted by molar-refractivity contribution is 6.06. The molecule has 1 saturated heterocycles. The van der Waals surface area contributed by atoms with E-state index in [2.05, 4.69) is 0 Å². The average molecular weight is 364 g/mol. The van der Waals surface area contributed by atoms with E-state index in [1.165, 1.54) is 40.1 Å². The molecule has 0 radical (unpaired) electrons. The maximum absolute atomic E-state index is 13.5. The van der Waals surface area contributed by atoms with Crippen LogP contribution in [0.3, 0.4) is 0 Å². The van der Waals surface area contributed by atoms with Gasteiger partial charge in [0.05, 0.1) is 5.56 Å². The molecule has 2 aromatic rings. The predicted molar refractivity (Wildman–Crippen MR) is 89.5 cm³/mol. The van der Waals surface area contributed by atoms with Crippen LogP contribution in [-0.4, -0.2) is 30.2 Å². The molecule has 0 atom stereocenters. The number of aromatic carboxylic acids is 1. The topological polar surface area (TPSA) is 60.9 Å². The van der Waals surface area contributed by atoms with E-state index >= 15 is 0 Å². The second kappa shape index (κ2) is 6.36. The number of alkyl halides is 2. The second-order valence-corrected chi connectivity index (χ2v) is 5.99. The van der Waals surface area contributed by atoms with Gasteiger partial charge in [0.15, 0.2) is 0 Å². The van der Waals surface area contributed by atoms with Crippen LogP contribution in [0.4, 0.5) is 29.3 Å². The number of carboxylic acid groups (broad SMARTS) is 1. The SMILES string of the molecule is CC(F)(F)c1ccc(N2CCN(c3ccc(F)c(C(=O)O)c3)C2=O)cc1. The standard InChI is InChI=1S/C18H15F3N2O3/c1-18(20,21)11-2-4-12(5-3-11)22-8-9-23(17(22)26)13-6-7-15(19)14(10-13)16(24)25/h2-7,10H,8-9H2,1H3,(H,24,25). The maximum Gasteiger partial charge on any atom is 0.338 e. The monoisotopic (exact) mass is 364 g/mol. The van der Waals surface area contributed by atoms with E-state index < -0.39 is 29.3 Å². The molecule has 1 aliphatic rings.